The third-order valence-corrected chi connectivity index (χ3v) is 6.62. The van der Waals surface area contributed by atoms with Crippen LogP contribution < -0.4 is 4.90 Å². The number of anilines is 1. The molecule has 0 aliphatic heterocycles. The van der Waals surface area contributed by atoms with Crippen molar-refractivity contribution in [3.63, 3.8) is 0 Å². The summed E-state index contributed by atoms with van der Waals surface area (Å²) in [6.45, 7) is 0.497. The molecule has 4 rings (SSSR count). The monoisotopic (exact) mass is 460 g/mol. The fraction of sp³-hybridized carbons (Fsp3) is 0.296. The lowest BCUT2D eigenvalue weighted by atomic mass is 9.88. The summed E-state index contributed by atoms with van der Waals surface area (Å²) in [7, 11) is 1.35. The van der Waals surface area contributed by atoms with E-state index in [1.165, 1.54) is 19.6 Å². The maximum absolute atomic E-state index is 13.6. The van der Waals surface area contributed by atoms with Crippen molar-refractivity contribution in [3.8, 4) is 11.3 Å². The molecule has 1 aliphatic carbocycles. The van der Waals surface area contributed by atoms with E-state index in [1.807, 2.05) is 40.1 Å². The zero-order valence-electron chi connectivity index (χ0n) is 18.8. The van der Waals surface area contributed by atoms with Gasteiger partial charge in [-0.25, -0.2) is 9.78 Å². The zero-order chi connectivity index (χ0) is 23.0. The molecule has 0 saturated heterocycles. The highest BCUT2D eigenvalue weighted by Gasteiger charge is 2.27. The third kappa shape index (κ3) is 5.96. The van der Waals surface area contributed by atoms with E-state index in [4.69, 9.17) is 0 Å². The molecular weight excluding hydrogens is 432 g/mol. The van der Waals surface area contributed by atoms with Gasteiger partial charge in [-0.15, -0.1) is 11.3 Å². The molecule has 0 unspecified atom stereocenters. The van der Waals surface area contributed by atoms with Gasteiger partial charge in [0, 0.05) is 28.6 Å². The Hall–Kier alpha value is -3.25. The van der Waals surface area contributed by atoms with Crippen LogP contribution in [0.5, 0.6) is 0 Å². The summed E-state index contributed by atoms with van der Waals surface area (Å²) in [5.74, 6) is -0.176. The van der Waals surface area contributed by atoms with Crippen LogP contribution in [0.4, 0.5) is 5.69 Å². The van der Waals surface area contributed by atoms with Gasteiger partial charge in [-0.05, 0) is 42.2 Å². The Bertz CT molecular complexity index is 1100. The van der Waals surface area contributed by atoms with Crippen LogP contribution in [0.15, 0.2) is 65.5 Å². The predicted octanol–water partition coefficient (Wildman–Crippen LogP) is 6.11. The number of amides is 1. The maximum Gasteiger partial charge on any atom is 0.330 e. The average Bonchev–Trinajstić information content (AvgIpc) is 3.41. The Morgan fingerprint density at radius 2 is 1.91 bits per heavy atom. The number of esters is 1. The van der Waals surface area contributed by atoms with Gasteiger partial charge in [-0.3, -0.25) is 4.79 Å². The van der Waals surface area contributed by atoms with Gasteiger partial charge >= 0.3 is 5.97 Å². The Morgan fingerprint density at radius 3 is 2.61 bits per heavy atom. The predicted molar refractivity (Wildman–Crippen MR) is 133 cm³/mol. The summed E-state index contributed by atoms with van der Waals surface area (Å²) in [5.41, 5.74) is 6.61. The number of ether oxygens (including phenoxy) is 1. The van der Waals surface area contributed by atoms with Gasteiger partial charge in [0.05, 0.1) is 24.9 Å². The van der Waals surface area contributed by atoms with Crippen molar-refractivity contribution < 1.29 is 14.3 Å². The van der Waals surface area contributed by atoms with Crippen LogP contribution in [0.3, 0.4) is 0 Å². The maximum atomic E-state index is 13.6. The Labute approximate surface area is 198 Å². The van der Waals surface area contributed by atoms with E-state index in [9.17, 15) is 9.59 Å². The first kappa shape index (κ1) is 22.9. The number of rotatable bonds is 7. The molecule has 0 N–H and O–H groups in total. The largest absolute Gasteiger partial charge is 0.466 e. The van der Waals surface area contributed by atoms with Crippen molar-refractivity contribution in [1.29, 1.82) is 0 Å². The van der Waals surface area contributed by atoms with Crippen molar-refractivity contribution in [2.24, 2.45) is 5.92 Å². The fourth-order valence-electron chi connectivity index (χ4n) is 4.21. The molecule has 1 saturated carbocycles. The van der Waals surface area contributed by atoms with E-state index < -0.39 is 5.97 Å². The van der Waals surface area contributed by atoms with E-state index >= 15 is 0 Å². The van der Waals surface area contributed by atoms with Crippen molar-refractivity contribution in [3.05, 3.63) is 76.6 Å². The standard InChI is InChI=1S/C27H28N2O3S/c1-32-26(30)15-12-20-6-5-9-24(16-20)29(27(31)23-7-3-2-4-8-23)17-21-10-13-22(14-11-21)25-18-33-19-28-25/h5-6,9-16,18-19,23H,2-4,7-8,17H2,1H3/b15-12+. The summed E-state index contributed by atoms with van der Waals surface area (Å²) >= 11 is 1.58. The molecule has 0 atom stereocenters. The highest BCUT2D eigenvalue weighted by molar-refractivity contribution is 7.07. The molecule has 33 heavy (non-hydrogen) atoms. The third-order valence-electron chi connectivity index (χ3n) is 6.04. The lowest BCUT2D eigenvalue weighted by Gasteiger charge is -2.30. The van der Waals surface area contributed by atoms with Crippen molar-refractivity contribution >= 4 is 35.0 Å². The summed E-state index contributed by atoms with van der Waals surface area (Å²) in [5, 5.41) is 2.03. The molecule has 1 fully saturated rings. The van der Waals surface area contributed by atoms with Gasteiger partial charge in [-0.2, -0.15) is 0 Å². The minimum Gasteiger partial charge on any atom is -0.466 e. The first-order valence-corrected chi connectivity index (χ1v) is 12.2. The van der Waals surface area contributed by atoms with Gasteiger partial charge in [0.1, 0.15) is 0 Å². The number of benzene rings is 2. The number of methoxy groups -OCH3 is 1. The van der Waals surface area contributed by atoms with Crippen molar-refractivity contribution in [2.75, 3.05) is 12.0 Å². The summed E-state index contributed by atoms with van der Waals surface area (Å²) in [6, 6.07) is 16.0. The molecule has 5 nitrogen and oxygen atoms in total. The van der Waals surface area contributed by atoms with Crippen LogP contribution in [0.2, 0.25) is 0 Å². The lowest BCUT2D eigenvalue weighted by Crippen LogP contribution is -2.36. The molecule has 2 aromatic carbocycles. The van der Waals surface area contributed by atoms with Crippen LogP contribution in [-0.2, 0) is 20.9 Å². The molecule has 0 spiro atoms. The highest BCUT2D eigenvalue weighted by Crippen LogP contribution is 2.30. The number of hydrogen-bond donors (Lipinski definition) is 0. The van der Waals surface area contributed by atoms with Crippen molar-refractivity contribution in [1.82, 2.24) is 4.98 Å². The zero-order valence-corrected chi connectivity index (χ0v) is 19.6. The number of carbonyl (C=O) groups is 2. The molecule has 1 aliphatic rings. The number of aromatic nitrogens is 1. The van der Waals surface area contributed by atoms with Gasteiger partial charge in [-0.1, -0.05) is 55.7 Å². The Morgan fingerprint density at radius 1 is 1.12 bits per heavy atom. The number of thiazole rings is 1. The van der Waals surface area contributed by atoms with Crippen LogP contribution in [0, 0.1) is 5.92 Å². The van der Waals surface area contributed by atoms with E-state index in [0.717, 1.165) is 53.8 Å². The topological polar surface area (TPSA) is 59.5 Å². The summed E-state index contributed by atoms with van der Waals surface area (Å²) < 4.78 is 4.69. The summed E-state index contributed by atoms with van der Waals surface area (Å²) in [6.07, 6.45) is 8.41. The molecule has 0 bridgehead atoms. The van der Waals surface area contributed by atoms with Gasteiger partial charge in [0.2, 0.25) is 5.91 Å². The molecule has 1 aromatic heterocycles. The quantitative estimate of drug-likeness (QED) is 0.315. The second-order valence-electron chi connectivity index (χ2n) is 8.28. The highest BCUT2D eigenvalue weighted by atomic mass is 32.1. The van der Waals surface area contributed by atoms with Crippen LogP contribution in [0.25, 0.3) is 17.3 Å². The van der Waals surface area contributed by atoms with Gasteiger partial charge in [0.15, 0.2) is 0 Å². The second-order valence-corrected chi connectivity index (χ2v) is 9.00. The normalized spacial score (nSPS) is 14.3. The fourth-order valence-corrected chi connectivity index (χ4v) is 4.77. The van der Waals surface area contributed by atoms with Crippen LogP contribution in [-0.4, -0.2) is 24.0 Å². The van der Waals surface area contributed by atoms with E-state index in [-0.39, 0.29) is 11.8 Å². The molecule has 0 radical (unpaired) electrons. The number of carbonyl (C=O) groups excluding carboxylic acids is 2. The summed E-state index contributed by atoms with van der Waals surface area (Å²) in [4.78, 5) is 31.4. The van der Waals surface area contributed by atoms with Gasteiger partial charge in [0.25, 0.3) is 0 Å². The van der Waals surface area contributed by atoms with Crippen LogP contribution >= 0.6 is 11.3 Å². The van der Waals surface area contributed by atoms with Crippen molar-refractivity contribution in [2.45, 2.75) is 38.6 Å². The minimum absolute atomic E-state index is 0.0577. The second kappa shape index (κ2) is 11.1. The van der Waals surface area contributed by atoms with Crippen LogP contribution in [0.1, 0.15) is 43.2 Å². The average molecular weight is 461 g/mol. The smallest absolute Gasteiger partial charge is 0.330 e. The van der Waals surface area contributed by atoms with E-state index in [2.05, 4.69) is 34.0 Å². The number of nitrogens with zero attached hydrogens (tertiary/aromatic N) is 2. The SMILES string of the molecule is COC(=O)/C=C/c1cccc(N(Cc2ccc(-c3cscn3)cc2)C(=O)C2CCCCC2)c1. The Balaban J connectivity index is 1.60. The molecule has 3 aromatic rings. The minimum atomic E-state index is -0.407. The van der Waals surface area contributed by atoms with E-state index in [0.29, 0.717) is 6.54 Å². The molecule has 1 heterocycles. The molecular formula is C27H28N2O3S. The first-order chi connectivity index (χ1) is 16.1. The van der Waals surface area contributed by atoms with Gasteiger partial charge < -0.3 is 9.64 Å². The lowest BCUT2D eigenvalue weighted by molar-refractivity contribution is -0.134. The molecule has 170 valence electrons. The Kier molecular flexibility index (Phi) is 7.68. The number of hydrogen-bond acceptors (Lipinski definition) is 5. The van der Waals surface area contributed by atoms with E-state index in [1.54, 1.807) is 17.4 Å². The molecule has 6 heteroatoms. The first-order valence-electron chi connectivity index (χ1n) is 11.3. The molecule has 1 amide bonds.